The quantitative estimate of drug-likeness (QED) is 0.887. The molecule has 6 nitrogen and oxygen atoms in total. The Morgan fingerprint density at radius 3 is 2.44 bits per heavy atom. The Morgan fingerprint density at radius 2 is 1.88 bits per heavy atom. The molecule has 0 unspecified atom stereocenters. The van der Waals surface area contributed by atoms with E-state index in [1.165, 1.54) is 11.3 Å². The lowest BCUT2D eigenvalue weighted by molar-refractivity contribution is -0.129. The molecular weight excluding hydrogens is 338 g/mol. The van der Waals surface area contributed by atoms with E-state index >= 15 is 0 Å². The first-order valence-corrected chi connectivity index (χ1v) is 9.12. The maximum atomic E-state index is 11.4. The molecule has 0 aliphatic carbocycles. The highest BCUT2D eigenvalue weighted by Crippen LogP contribution is 2.20. The van der Waals surface area contributed by atoms with Gasteiger partial charge in [-0.25, -0.2) is 4.79 Å². The number of amides is 1. The van der Waals surface area contributed by atoms with Crippen molar-refractivity contribution in [3.63, 3.8) is 0 Å². The lowest BCUT2D eigenvalue weighted by Crippen LogP contribution is -2.48. The van der Waals surface area contributed by atoms with E-state index in [4.69, 9.17) is 5.11 Å². The number of pyridine rings is 1. The lowest BCUT2D eigenvalue weighted by atomic mass is 10.2. The van der Waals surface area contributed by atoms with Crippen molar-refractivity contribution < 1.29 is 14.7 Å². The van der Waals surface area contributed by atoms with Crippen LogP contribution in [0.25, 0.3) is 0 Å². The number of aryl methyl sites for hydroxylation is 2. The predicted octanol–water partition coefficient (Wildman–Crippen LogP) is 2.30. The van der Waals surface area contributed by atoms with Gasteiger partial charge in [-0.1, -0.05) is 0 Å². The van der Waals surface area contributed by atoms with E-state index in [0.717, 1.165) is 55.3 Å². The molecule has 132 valence electrons. The molecule has 3 rings (SSSR count). The highest BCUT2D eigenvalue weighted by atomic mass is 32.1. The van der Waals surface area contributed by atoms with Gasteiger partial charge in [0.25, 0.3) is 0 Å². The zero-order chi connectivity index (χ0) is 17.8. The molecule has 2 aromatic rings. The second kappa shape index (κ2) is 7.65. The van der Waals surface area contributed by atoms with Crippen LogP contribution in [0.3, 0.4) is 0 Å². The third kappa shape index (κ3) is 4.36. The van der Waals surface area contributed by atoms with Crippen LogP contribution < -0.4 is 4.90 Å². The van der Waals surface area contributed by atoms with Crippen LogP contribution in [0.15, 0.2) is 30.5 Å². The summed E-state index contributed by atoms with van der Waals surface area (Å²) in [6.07, 6.45) is 3.47. The van der Waals surface area contributed by atoms with Gasteiger partial charge in [0.15, 0.2) is 0 Å². The van der Waals surface area contributed by atoms with Gasteiger partial charge in [0, 0.05) is 43.7 Å². The fourth-order valence-electron chi connectivity index (χ4n) is 2.91. The lowest BCUT2D eigenvalue weighted by Gasteiger charge is -2.35. The van der Waals surface area contributed by atoms with Crippen molar-refractivity contribution in [3.05, 3.63) is 45.9 Å². The van der Waals surface area contributed by atoms with Crippen molar-refractivity contribution in [2.75, 3.05) is 31.1 Å². The van der Waals surface area contributed by atoms with E-state index in [-0.39, 0.29) is 5.91 Å². The monoisotopic (exact) mass is 359 g/mol. The van der Waals surface area contributed by atoms with Crippen LogP contribution in [0.4, 0.5) is 5.69 Å². The first-order valence-electron chi connectivity index (χ1n) is 8.30. The molecule has 1 saturated heterocycles. The SMILES string of the molecule is CC(=O)N1CCN(c2ccc(CCc3ccc(C(=O)O)s3)nc2)CC1. The van der Waals surface area contributed by atoms with Gasteiger partial charge in [0.1, 0.15) is 4.88 Å². The Labute approximate surface area is 150 Å². The van der Waals surface area contributed by atoms with Gasteiger partial charge in [-0.3, -0.25) is 9.78 Å². The number of hydrogen-bond acceptors (Lipinski definition) is 5. The number of nitrogens with zero attached hydrogens (tertiary/aromatic N) is 3. The number of anilines is 1. The molecular formula is C18H21N3O3S. The molecule has 3 heterocycles. The van der Waals surface area contributed by atoms with Crippen LogP contribution in [0, 0.1) is 0 Å². The van der Waals surface area contributed by atoms with E-state index in [2.05, 4.69) is 16.0 Å². The summed E-state index contributed by atoms with van der Waals surface area (Å²) in [6.45, 7) is 4.77. The van der Waals surface area contributed by atoms with Crippen LogP contribution in [0.2, 0.25) is 0 Å². The number of aromatic carboxylic acids is 1. The first-order chi connectivity index (χ1) is 12.0. The fraction of sp³-hybridized carbons (Fsp3) is 0.389. The summed E-state index contributed by atoms with van der Waals surface area (Å²) in [5.41, 5.74) is 2.08. The van der Waals surface area contributed by atoms with E-state index in [1.807, 2.05) is 23.2 Å². The molecule has 0 radical (unpaired) electrons. The average molecular weight is 359 g/mol. The third-order valence-corrected chi connectivity index (χ3v) is 5.53. The van der Waals surface area contributed by atoms with E-state index in [9.17, 15) is 9.59 Å². The van der Waals surface area contributed by atoms with Gasteiger partial charge < -0.3 is 14.9 Å². The Bertz CT molecular complexity index is 749. The molecule has 1 aliphatic rings. The number of thiophene rings is 1. The molecule has 0 spiro atoms. The van der Waals surface area contributed by atoms with Crippen LogP contribution in [0.1, 0.15) is 27.2 Å². The minimum atomic E-state index is -0.872. The van der Waals surface area contributed by atoms with Crippen LogP contribution >= 0.6 is 11.3 Å². The summed E-state index contributed by atoms with van der Waals surface area (Å²) >= 11 is 1.32. The minimum absolute atomic E-state index is 0.132. The maximum Gasteiger partial charge on any atom is 0.345 e. The molecule has 2 aromatic heterocycles. The summed E-state index contributed by atoms with van der Waals surface area (Å²) in [5, 5.41) is 8.96. The number of carboxylic acids is 1. The van der Waals surface area contributed by atoms with E-state index < -0.39 is 5.97 Å². The Morgan fingerprint density at radius 1 is 1.12 bits per heavy atom. The van der Waals surface area contributed by atoms with E-state index in [1.54, 1.807) is 13.0 Å². The maximum absolute atomic E-state index is 11.4. The smallest absolute Gasteiger partial charge is 0.345 e. The Hall–Kier alpha value is -2.41. The standard InChI is InChI=1S/C18H21N3O3S/c1-13(22)20-8-10-21(11-9-20)15-4-2-14(19-12-15)3-5-16-6-7-17(25-16)18(23)24/h2,4,6-7,12H,3,5,8-11H2,1H3,(H,23,24). The molecule has 1 amide bonds. The Balaban J connectivity index is 1.53. The van der Waals surface area contributed by atoms with Gasteiger partial charge in [0.05, 0.1) is 11.9 Å². The molecule has 7 heteroatoms. The zero-order valence-electron chi connectivity index (χ0n) is 14.1. The normalized spacial score (nSPS) is 14.6. The molecule has 1 aliphatic heterocycles. The van der Waals surface area contributed by atoms with Crippen molar-refractivity contribution in [1.82, 2.24) is 9.88 Å². The van der Waals surface area contributed by atoms with Crippen LogP contribution in [-0.2, 0) is 17.6 Å². The highest BCUT2D eigenvalue weighted by molar-refractivity contribution is 7.13. The topological polar surface area (TPSA) is 73.7 Å². The number of aromatic nitrogens is 1. The molecule has 25 heavy (non-hydrogen) atoms. The molecule has 0 saturated carbocycles. The number of rotatable bonds is 5. The number of carbonyl (C=O) groups excluding carboxylic acids is 1. The van der Waals surface area contributed by atoms with Gasteiger partial charge in [-0.2, -0.15) is 0 Å². The summed E-state index contributed by atoms with van der Waals surface area (Å²) in [7, 11) is 0. The predicted molar refractivity (Wildman–Crippen MR) is 97.4 cm³/mol. The van der Waals surface area contributed by atoms with Crippen LogP contribution in [-0.4, -0.2) is 53.0 Å². The van der Waals surface area contributed by atoms with Gasteiger partial charge >= 0.3 is 5.97 Å². The number of hydrogen-bond donors (Lipinski definition) is 1. The summed E-state index contributed by atoms with van der Waals surface area (Å²) in [6, 6.07) is 7.62. The largest absolute Gasteiger partial charge is 0.477 e. The molecule has 1 N–H and O–H groups in total. The summed E-state index contributed by atoms with van der Waals surface area (Å²) < 4.78 is 0. The molecule has 1 fully saturated rings. The molecule has 0 atom stereocenters. The number of carboxylic acid groups (broad SMARTS) is 1. The molecule has 0 bridgehead atoms. The number of piperazine rings is 1. The Kier molecular flexibility index (Phi) is 5.33. The zero-order valence-corrected chi connectivity index (χ0v) is 15.0. The van der Waals surface area contributed by atoms with E-state index in [0.29, 0.717) is 4.88 Å². The molecule has 0 aromatic carbocycles. The van der Waals surface area contributed by atoms with Gasteiger partial charge in [0.2, 0.25) is 5.91 Å². The van der Waals surface area contributed by atoms with Gasteiger partial charge in [-0.05, 0) is 37.1 Å². The van der Waals surface area contributed by atoms with Crippen molar-refractivity contribution in [3.8, 4) is 0 Å². The second-order valence-electron chi connectivity index (χ2n) is 6.07. The average Bonchev–Trinajstić information content (AvgIpc) is 3.10. The van der Waals surface area contributed by atoms with Gasteiger partial charge in [-0.15, -0.1) is 11.3 Å². The summed E-state index contributed by atoms with van der Waals surface area (Å²) in [5.74, 6) is -0.739. The van der Waals surface area contributed by atoms with Crippen molar-refractivity contribution in [2.24, 2.45) is 0 Å². The first kappa shape index (κ1) is 17.4. The number of carbonyl (C=O) groups is 2. The third-order valence-electron chi connectivity index (χ3n) is 4.40. The van der Waals surface area contributed by atoms with Crippen molar-refractivity contribution >= 4 is 28.9 Å². The second-order valence-corrected chi connectivity index (χ2v) is 7.24. The fourth-order valence-corrected chi connectivity index (χ4v) is 3.76. The highest BCUT2D eigenvalue weighted by Gasteiger charge is 2.18. The summed E-state index contributed by atoms with van der Waals surface area (Å²) in [4.78, 5) is 32.4. The van der Waals surface area contributed by atoms with Crippen molar-refractivity contribution in [1.29, 1.82) is 0 Å². The minimum Gasteiger partial charge on any atom is -0.477 e. The van der Waals surface area contributed by atoms with Crippen LogP contribution in [0.5, 0.6) is 0 Å². The van der Waals surface area contributed by atoms with Crippen molar-refractivity contribution in [2.45, 2.75) is 19.8 Å².